The van der Waals surface area contributed by atoms with Crippen LogP contribution in [0.3, 0.4) is 0 Å². The van der Waals surface area contributed by atoms with E-state index in [9.17, 15) is 4.79 Å². The van der Waals surface area contributed by atoms with Gasteiger partial charge in [0.05, 0.1) is 17.6 Å². The number of aromatic nitrogens is 4. The predicted octanol–water partition coefficient (Wildman–Crippen LogP) is 3.97. The van der Waals surface area contributed by atoms with E-state index in [1.807, 2.05) is 74.1 Å². The van der Waals surface area contributed by atoms with Crippen molar-refractivity contribution in [3.05, 3.63) is 64.8 Å². The molecule has 150 valence electrons. The average Bonchev–Trinajstić information content (AvgIpc) is 3.15. The van der Waals surface area contributed by atoms with Gasteiger partial charge in [0.1, 0.15) is 0 Å². The Balaban J connectivity index is 0.000000994. The smallest absolute Gasteiger partial charge is 0.258 e. The SMILES string of the molecule is CC.Cc1cn2nc(-c3ccc4c(=O)n(C5CCNCC5)ccc4c3)ccc2n1. The largest absolute Gasteiger partial charge is 0.317 e. The molecular formula is C23H27N5O. The number of hydrogen-bond acceptors (Lipinski definition) is 4. The zero-order valence-electron chi connectivity index (χ0n) is 17.2. The Morgan fingerprint density at radius 1 is 1.07 bits per heavy atom. The normalized spacial score (nSPS) is 14.7. The van der Waals surface area contributed by atoms with Gasteiger partial charge in [-0.3, -0.25) is 4.79 Å². The second-order valence-corrected chi connectivity index (χ2v) is 7.21. The summed E-state index contributed by atoms with van der Waals surface area (Å²) < 4.78 is 3.70. The molecule has 6 heteroatoms. The first-order valence-corrected chi connectivity index (χ1v) is 10.4. The Bertz CT molecular complexity index is 1200. The van der Waals surface area contributed by atoms with Crippen molar-refractivity contribution >= 4 is 16.4 Å². The number of benzene rings is 1. The molecule has 0 spiro atoms. The second kappa shape index (κ2) is 8.17. The van der Waals surface area contributed by atoms with E-state index in [4.69, 9.17) is 0 Å². The molecule has 0 aliphatic carbocycles. The molecule has 3 aromatic heterocycles. The standard InChI is InChI=1S/C21H21N5O.C2H6/c1-14-13-26-20(23-14)5-4-19(24-26)16-2-3-18-15(12-16)8-11-25(21(18)27)17-6-9-22-10-7-17;1-2/h2-5,8,11-13,17,22H,6-7,9-10H2,1H3;1-2H3. The topological polar surface area (TPSA) is 64.2 Å². The highest BCUT2D eigenvalue weighted by molar-refractivity contribution is 5.86. The third-order valence-corrected chi connectivity index (χ3v) is 5.37. The quantitative estimate of drug-likeness (QED) is 0.563. The van der Waals surface area contributed by atoms with Crippen LogP contribution in [0, 0.1) is 6.92 Å². The molecule has 1 aliphatic rings. The maximum absolute atomic E-state index is 13.0. The second-order valence-electron chi connectivity index (χ2n) is 7.21. The fourth-order valence-electron chi connectivity index (χ4n) is 3.95. The Kier molecular flexibility index (Phi) is 5.45. The molecule has 0 unspecified atom stereocenters. The van der Waals surface area contributed by atoms with Crippen molar-refractivity contribution in [1.82, 2.24) is 24.5 Å². The van der Waals surface area contributed by atoms with Gasteiger partial charge in [-0.2, -0.15) is 5.10 Å². The number of hydrogen-bond donors (Lipinski definition) is 1. The first kappa shape index (κ1) is 19.3. The van der Waals surface area contributed by atoms with Crippen LogP contribution in [0.2, 0.25) is 0 Å². The van der Waals surface area contributed by atoms with Crippen LogP contribution in [0.15, 0.2) is 53.6 Å². The summed E-state index contributed by atoms with van der Waals surface area (Å²) in [6, 6.07) is 12.2. The third kappa shape index (κ3) is 3.68. The molecule has 0 bridgehead atoms. The van der Waals surface area contributed by atoms with Crippen molar-refractivity contribution in [2.45, 2.75) is 39.7 Å². The van der Waals surface area contributed by atoms with E-state index in [0.717, 1.165) is 59.3 Å². The lowest BCUT2D eigenvalue weighted by Crippen LogP contribution is -2.34. The Morgan fingerprint density at radius 2 is 1.86 bits per heavy atom. The number of pyridine rings is 1. The van der Waals surface area contributed by atoms with Crippen molar-refractivity contribution in [1.29, 1.82) is 0 Å². The van der Waals surface area contributed by atoms with Crippen LogP contribution in [-0.2, 0) is 0 Å². The van der Waals surface area contributed by atoms with Gasteiger partial charge >= 0.3 is 0 Å². The van der Waals surface area contributed by atoms with Gasteiger partial charge < -0.3 is 9.88 Å². The molecule has 1 aromatic carbocycles. The van der Waals surface area contributed by atoms with Crippen LogP contribution in [0.5, 0.6) is 0 Å². The molecule has 6 nitrogen and oxygen atoms in total. The number of nitrogens with zero attached hydrogens (tertiary/aromatic N) is 4. The average molecular weight is 390 g/mol. The molecule has 1 fully saturated rings. The van der Waals surface area contributed by atoms with E-state index in [1.165, 1.54) is 0 Å². The van der Waals surface area contributed by atoms with Crippen LogP contribution in [-0.4, -0.2) is 32.3 Å². The molecule has 0 amide bonds. The van der Waals surface area contributed by atoms with Crippen molar-refractivity contribution in [3.63, 3.8) is 0 Å². The number of nitrogens with one attached hydrogen (secondary N) is 1. The van der Waals surface area contributed by atoms with Gasteiger partial charge in [-0.05, 0) is 68.6 Å². The summed E-state index contributed by atoms with van der Waals surface area (Å²) in [5, 5.41) is 9.72. The van der Waals surface area contributed by atoms with Crippen molar-refractivity contribution in [3.8, 4) is 11.3 Å². The molecule has 1 aliphatic heterocycles. The Hall–Kier alpha value is -2.99. The van der Waals surface area contributed by atoms with Crippen molar-refractivity contribution in [2.24, 2.45) is 0 Å². The fourth-order valence-corrected chi connectivity index (χ4v) is 3.95. The summed E-state index contributed by atoms with van der Waals surface area (Å²) in [4.78, 5) is 17.4. The Labute approximate surface area is 170 Å². The minimum atomic E-state index is 0.0968. The number of rotatable bonds is 2. The fraction of sp³-hybridized carbons (Fsp3) is 0.348. The monoisotopic (exact) mass is 389 g/mol. The highest BCUT2D eigenvalue weighted by Gasteiger charge is 2.17. The van der Waals surface area contributed by atoms with Crippen LogP contribution in [0.4, 0.5) is 0 Å². The van der Waals surface area contributed by atoms with Gasteiger partial charge in [-0.25, -0.2) is 9.50 Å². The molecule has 1 saturated heterocycles. The lowest BCUT2D eigenvalue weighted by atomic mass is 10.0. The number of imidazole rings is 1. The van der Waals surface area contributed by atoms with Crippen LogP contribution in [0.1, 0.15) is 38.4 Å². The summed E-state index contributed by atoms with van der Waals surface area (Å²) >= 11 is 0. The molecule has 0 saturated carbocycles. The summed E-state index contributed by atoms with van der Waals surface area (Å²) in [7, 11) is 0. The molecule has 4 aromatic rings. The van der Waals surface area contributed by atoms with Gasteiger partial charge in [0.15, 0.2) is 5.65 Å². The summed E-state index contributed by atoms with van der Waals surface area (Å²) in [6.45, 7) is 7.89. The third-order valence-electron chi connectivity index (χ3n) is 5.37. The van der Waals surface area contributed by atoms with E-state index < -0.39 is 0 Å². The van der Waals surface area contributed by atoms with Crippen molar-refractivity contribution < 1.29 is 0 Å². The van der Waals surface area contributed by atoms with E-state index >= 15 is 0 Å². The van der Waals surface area contributed by atoms with Gasteiger partial charge in [0, 0.05) is 23.2 Å². The molecule has 0 radical (unpaired) electrons. The maximum atomic E-state index is 13.0. The molecular weight excluding hydrogens is 362 g/mol. The first-order chi connectivity index (χ1) is 14.2. The lowest BCUT2D eigenvalue weighted by molar-refractivity contribution is 0.362. The minimum absolute atomic E-state index is 0.0968. The maximum Gasteiger partial charge on any atom is 0.258 e. The van der Waals surface area contributed by atoms with Crippen LogP contribution < -0.4 is 10.9 Å². The Morgan fingerprint density at radius 3 is 2.66 bits per heavy atom. The molecule has 4 heterocycles. The number of fused-ring (bicyclic) bond motifs is 2. The van der Waals surface area contributed by atoms with Crippen molar-refractivity contribution in [2.75, 3.05) is 13.1 Å². The van der Waals surface area contributed by atoms with Gasteiger partial charge in [-0.1, -0.05) is 19.9 Å². The molecule has 0 atom stereocenters. The van der Waals surface area contributed by atoms with Crippen LogP contribution in [0.25, 0.3) is 27.7 Å². The highest BCUT2D eigenvalue weighted by atomic mass is 16.1. The number of piperidine rings is 1. The van der Waals surface area contributed by atoms with E-state index in [0.29, 0.717) is 0 Å². The van der Waals surface area contributed by atoms with Gasteiger partial charge in [-0.15, -0.1) is 0 Å². The molecule has 5 rings (SSSR count). The number of aryl methyl sites for hydroxylation is 1. The minimum Gasteiger partial charge on any atom is -0.317 e. The zero-order valence-corrected chi connectivity index (χ0v) is 17.2. The predicted molar refractivity (Wildman–Crippen MR) is 117 cm³/mol. The summed E-state index contributed by atoms with van der Waals surface area (Å²) in [6.07, 6.45) is 5.85. The van der Waals surface area contributed by atoms with E-state index in [1.54, 1.807) is 4.52 Å². The van der Waals surface area contributed by atoms with Gasteiger partial charge in [0.2, 0.25) is 0 Å². The van der Waals surface area contributed by atoms with E-state index in [-0.39, 0.29) is 11.6 Å². The molecule has 1 N–H and O–H groups in total. The summed E-state index contributed by atoms with van der Waals surface area (Å²) in [5.41, 5.74) is 3.73. The zero-order chi connectivity index (χ0) is 20.4. The van der Waals surface area contributed by atoms with E-state index in [2.05, 4.69) is 15.4 Å². The van der Waals surface area contributed by atoms with Crippen LogP contribution >= 0.6 is 0 Å². The lowest BCUT2D eigenvalue weighted by Gasteiger charge is -2.25. The highest BCUT2D eigenvalue weighted by Crippen LogP contribution is 2.23. The first-order valence-electron chi connectivity index (χ1n) is 10.4. The molecule has 29 heavy (non-hydrogen) atoms. The summed E-state index contributed by atoms with van der Waals surface area (Å²) in [5.74, 6) is 0. The van der Waals surface area contributed by atoms with Gasteiger partial charge in [0.25, 0.3) is 5.56 Å².